The zero-order valence-corrected chi connectivity index (χ0v) is 15.9. The Morgan fingerprint density at radius 1 is 1.21 bits per heavy atom. The third-order valence-electron chi connectivity index (χ3n) is 5.99. The van der Waals surface area contributed by atoms with Crippen LogP contribution in [0.4, 0.5) is 0 Å². The molecular weight excluding hydrogens is 354 g/mol. The number of aromatic amines is 1. The molecule has 0 spiro atoms. The minimum absolute atomic E-state index is 0.0151. The first kappa shape index (κ1) is 17.3. The number of benzene rings is 1. The number of imidazole rings is 1. The Morgan fingerprint density at radius 2 is 2.07 bits per heavy atom. The molecule has 2 fully saturated rings. The molecular formula is C21H25N5O2. The van der Waals surface area contributed by atoms with Crippen LogP contribution in [-0.2, 0) is 17.9 Å². The van der Waals surface area contributed by atoms with E-state index in [-0.39, 0.29) is 23.9 Å². The van der Waals surface area contributed by atoms with Gasteiger partial charge in [0.05, 0.1) is 10.9 Å². The predicted molar refractivity (Wildman–Crippen MR) is 106 cm³/mol. The van der Waals surface area contributed by atoms with Crippen molar-refractivity contribution in [3.8, 4) is 0 Å². The van der Waals surface area contributed by atoms with Crippen LogP contribution in [0.15, 0.2) is 41.5 Å². The second-order valence-electron chi connectivity index (χ2n) is 8.11. The lowest BCUT2D eigenvalue weighted by atomic mass is 9.97. The van der Waals surface area contributed by atoms with Gasteiger partial charge in [0, 0.05) is 37.9 Å². The molecule has 1 aromatic carbocycles. The number of piperidine rings is 1. The Labute approximate surface area is 163 Å². The number of amides is 1. The molecule has 7 heteroatoms. The number of likely N-dealkylation sites (tertiary alicyclic amines) is 1. The highest BCUT2D eigenvalue weighted by molar-refractivity contribution is 5.79. The van der Waals surface area contributed by atoms with Crippen molar-refractivity contribution >= 4 is 16.8 Å². The molecule has 28 heavy (non-hydrogen) atoms. The summed E-state index contributed by atoms with van der Waals surface area (Å²) in [4.78, 5) is 31.9. The smallest absolute Gasteiger partial charge is 0.274 e. The van der Waals surface area contributed by atoms with Gasteiger partial charge < -0.3 is 9.47 Å². The van der Waals surface area contributed by atoms with Gasteiger partial charge >= 0.3 is 0 Å². The monoisotopic (exact) mass is 379 g/mol. The molecule has 1 saturated carbocycles. The summed E-state index contributed by atoms with van der Waals surface area (Å²) in [5, 5.41) is 3.67. The van der Waals surface area contributed by atoms with Gasteiger partial charge in [-0.05, 0) is 43.7 Å². The summed E-state index contributed by atoms with van der Waals surface area (Å²) in [5.41, 5.74) is 0.622. The number of aromatic nitrogens is 4. The molecule has 0 radical (unpaired) electrons. The lowest BCUT2D eigenvalue weighted by Crippen LogP contribution is -2.42. The maximum Gasteiger partial charge on any atom is 0.274 e. The minimum atomic E-state index is -0.141. The van der Waals surface area contributed by atoms with E-state index in [9.17, 15) is 9.59 Å². The van der Waals surface area contributed by atoms with Gasteiger partial charge in [-0.1, -0.05) is 12.1 Å². The van der Waals surface area contributed by atoms with Gasteiger partial charge in [-0.15, -0.1) is 0 Å². The largest absolute Gasteiger partial charge is 0.340 e. The van der Waals surface area contributed by atoms with Gasteiger partial charge in [0.15, 0.2) is 0 Å². The first-order valence-corrected chi connectivity index (χ1v) is 10.2. The number of carbonyl (C=O) groups is 1. The maximum atomic E-state index is 12.9. The zero-order chi connectivity index (χ0) is 19.1. The summed E-state index contributed by atoms with van der Waals surface area (Å²) >= 11 is 0. The molecule has 146 valence electrons. The van der Waals surface area contributed by atoms with Crippen LogP contribution in [0.2, 0.25) is 0 Å². The molecule has 5 rings (SSSR count). The van der Waals surface area contributed by atoms with E-state index in [1.807, 2.05) is 29.3 Å². The van der Waals surface area contributed by atoms with E-state index in [0.717, 1.165) is 43.2 Å². The first-order chi connectivity index (χ1) is 13.7. The molecule has 1 unspecified atom stereocenters. The highest BCUT2D eigenvalue weighted by Gasteiger charge is 2.29. The molecule has 2 aromatic heterocycles. The number of nitrogens with one attached hydrogen (secondary N) is 1. The molecule has 1 saturated heterocycles. The van der Waals surface area contributed by atoms with E-state index in [0.29, 0.717) is 11.9 Å². The molecule has 0 bridgehead atoms. The molecule has 1 atom stereocenters. The van der Waals surface area contributed by atoms with E-state index < -0.39 is 0 Å². The van der Waals surface area contributed by atoms with Gasteiger partial charge in [0.2, 0.25) is 5.91 Å². The zero-order valence-electron chi connectivity index (χ0n) is 15.9. The van der Waals surface area contributed by atoms with Gasteiger partial charge in [-0.3, -0.25) is 14.7 Å². The quantitative estimate of drug-likeness (QED) is 0.739. The minimum Gasteiger partial charge on any atom is -0.340 e. The number of H-pyrrole nitrogens is 1. The van der Waals surface area contributed by atoms with E-state index in [4.69, 9.17) is 0 Å². The molecule has 1 amide bonds. The second-order valence-corrected chi connectivity index (χ2v) is 8.11. The van der Waals surface area contributed by atoms with Crippen molar-refractivity contribution in [2.75, 3.05) is 13.1 Å². The third-order valence-corrected chi connectivity index (χ3v) is 5.99. The summed E-state index contributed by atoms with van der Waals surface area (Å²) in [6, 6.07) is 7.35. The molecule has 3 aromatic rings. The number of hydrogen-bond acceptors (Lipinski definition) is 3. The average Bonchev–Trinajstić information content (AvgIpc) is 3.32. The fraction of sp³-hybridized carbons (Fsp3) is 0.476. The summed E-state index contributed by atoms with van der Waals surface area (Å²) in [5.74, 6) is 2.15. The Kier molecular flexibility index (Phi) is 4.30. The lowest BCUT2D eigenvalue weighted by Gasteiger charge is -2.32. The van der Waals surface area contributed by atoms with Crippen molar-refractivity contribution in [2.24, 2.45) is 5.92 Å². The van der Waals surface area contributed by atoms with Gasteiger partial charge in [-0.25, -0.2) is 9.67 Å². The molecule has 3 heterocycles. The summed E-state index contributed by atoms with van der Waals surface area (Å²) in [6.07, 6.45) is 8.59. The second kappa shape index (κ2) is 6.96. The number of hydrogen-bond donors (Lipinski definition) is 1. The highest BCUT2D eigenvalue weighted by atomic mass is 16.2. The Balaban J connectivity index is 1.30. The van der Waals surface area contributed by atoms with E-state index >= 15 is 0 Å². The predicted octanol–water partition coefficient (Wildman–Crippen LogP) is 2.34. The van der Waals surface area contributed by atoms with Crippen molar-refractivity contribution in [3.63, 3.8) is 0 Å². The van der Waals surface area contributed by atoms with Crippen LogP contribution in [0.3, 0.4) is 0 Å². The topological polar surface area (TPSA) is 75.9 Å². The van der Waals surface area contributed by atoms with Crippen LogP contribution in [0.5, 0.6) is 0 Å². The molecule has 2 aliphatic rings. The number of para-hydroxylation sites is 1. The van der Waals surface area contributed by atoms with Crippen LogP contribution in [0.25, 0.3) is 10.9 Å². The molecule has 1 aliphatic heterocycles. The van der Waals surface area contributed by atoms with Crippen molar-refractivity contribution in [1.29, 1.82) is 0 Å². The van der Waals surface area contributed by atoms with Crippen LogP contribution in [-0.4, -0.2) is 43.2 Å². The number of rotatable bonds is 5. The summed E-state index contributed by atoms with van der Waals surface area (Å²) in [7, 11) is 0. The van der Waals surface area contributed by atoms with Crippen LogP contribution in [0.1, 0.15) is 37.4 Å². The summed E-state index contributed by atoms with van der Waals surface area (Å²) in [6.45, 7) is 2.52. The van der Waals surface area contributed by atoms with Crippen LogP contribution < -0.4 is 5.56 Å². The fourth-order valence-electron chi connectivity index (χ4n) is 4.28. The Morgan fingerprint density at radius 3 is 2.89 bits per heavy atom. The Hall–Kier alpha value is -2.83. The molecule has 1 N–H and O–H groups in total. The lowest BCUT2D eigenvalue weighted by molar-refractivity contribution is -0.133. The molecule has 7 nitrogen and oxygen atoms in total. The van der Waals surface area contributed by atoms with Crippen molar-refractivity contribution in [2.45, 2.75) is 44.7 Å². The van der Waals surface area contributed by atoms with Crippen molar-refractivity contribution < 1.29 is 4.79 Å². The first-order valence-electron chi connectivity index (χ1n) is 10.2. The van der Waals surface area contributed by atoms with Gasteiger partial charge in [0.25, 0.3) is 5.56 Å². The van der Waals surface area contributed by atoms with Crippen molar-refractivity contribution in [3.05, 3.63) is 52.8 Å². The van der Waals surface area contributed by atoms with E-state index in [1.165, 1.54) is 17.5 Å². The van der Waals surface area contributed by atoms with Crippen molar-refractivity contribution in [1.82, 2.24) is 24.2 Å². The average molecular weight is 379 g/mol. The van der Waals surface area contributed by atoms with Crippen LogP contribution in [0, 0.1) is 5.92 Å². The summed E-state index contributed by atoms with van der Waals surface area (Å²) < 4.78 is 3.70. The van der Waals surface area contributed by atoms with E-state index in [2.05, 4.69) is 20.8 Å². The van der Waals surface area contributed by atoms with Gasteiger partial charge in [0.1, 0.15) is 12.4 Å². The van der Waals surface area contributed by atoms with Crippen LogP contribution >= 0.6 is 0 Å². The number of carbonyl (C=O) groups excluding carboxylic acids is 1. The van der Waals surface area contributed by atoms with Gasteiger partial charge in [-0.2, -0.15) is 0 Å². The third kappa shape index (κ3) is 3.25. The standard InChI is InChI=1S/C21H25N5O2/c27-19(14-26-21(28)17-5-1-2-6-18(17)23-26)24-10-3-4-16(13-24)20-22-9-11-25(20)12-15-7-8-15/h1-2,5-6,9,11,15-16,23H,3-4,7-8,10,12-14H2. The number of fused-ring (bicyclic) bond motifs is 1. The normalized spacial score (nSPS) is 20.0. The SMILES string of the molecule is O=C(Cn1[nH]c2ccccc2c1=O)N1CCCC(c2nccn2CC2CC2)C1. The molecule has 1 aliphatic carbocycles. The van der Waals surface area contributed by atoms with E-state index in [1.54, 1.807) is 6.07 Å². The maximum absolute atomic E-state index is 12.9. The number of nitrogens with zero attached hydrogens (tertiary/aromatic N) is 4. The Bertz CT molecular complexity index is 1060. The fourth-order valence-corrected chi connectivity index (χ4v) is 4.28. The highest BCUT2D eigenvalue weighted by Crippen LogP contribution is 2.33.